The summed E-state index contributed by atoms with van der Waals surface area (Å²) in [5, 5.41) is 8.40. The number of carboxylic acid groups (broad SMARTS) is 1. The number of carbonyl (C=O) groups is 1. The molecule has 0 aliphatic rings. The molecule has 13 heavy (non-hydrogen) atoms. The second-order valence-electron chi connectivity index (χ2n) is 3.06. The Morgan fingerprint density at radius 2 is 2.38 bits per heavy atom. The summed E-state index contributed by atoms with van der Waals surface area (Å²) in [6.07, 6.45) is 6.37. The molecule has 0 saturated heterocycles. The van der Waals surface area contributed by atoms with Gasteiger partial charge < -0.3 is 9.67 Å². The summed E-state index contributed by atoms with van der Waals surface area (Å²) in [5.41, 5.74) is 0. The van der Waals surface area contributed by atoms with Crippen molar-refractivity contribution in [3.63, 3.8) is 0 Å². The standard InChI is InChI=1S/C9H14N2O2/c1-11-7-6-10-8(11)4-2-3-5-9(12)13/h6-7H,2-5H2,1H3,(H,12,13). The number of carboxylic acids is 1. The zero-order valence-electron chi connectivity index (χ0n) is 7.73. The molecule has 1 rings (SSSR count). The molecule has 0 spiro atoms. The molecule has 4 nitrogen and oxygen atoms in total. The molecule has 0 saturated carbocycles. The van der Waals surface area contributed by atoms with Crippen LogP contribution in [0.1, 0.15) is 25.1 Å². The second kappa shape index (κ2) is 4.64. The van der Waals surface area contributed by atoms with Gasteiger partial charge in [-0.2, -0.15) is 0 Å². The summed E-state index contributed by atoms with van der Waals surface area (Å²) >= 11 is 0. The third-order valence-electron chi connectivity index (χ3n) is 1.96. The first-order valence-corrected chi connectivity index (χ1v) is 4.38. The molecule has 72 valence electrons. The van der Waals surface area contributed by atoms with Crippen molar-refractivity contribution in [1.29, 1.82) is 0 Å². The summed E-state index contributed by atoms with van der Waals surface area (Å²) in [6.45, 7) is 0. The Kier molecular flexibility index (Phi) is 3.49. The quantitative estimate of drug-likeness (QED) is 0.696. The molecule has 0 aliphatic carbocycles. The van der Waals surface area contributed by atoms with E-state index in [1.54, 1.807) is 6.20 Å². The lowest BCUT2D eigenvalue weighted by molar-refractivity contribution is -0.137. The van der Waals surface area contributed by atoms with Crippen molar-refractivity contribution in [3.05, 3.63) is 18.2 Å². The highest BCUT2D eigenvalue weighted by Gasteiger charge is 2.00. The maximum atomic E-state index is 10.2. The van der Waals surface area contributed by atoms with Gasteiger partial charge in [-0.1, -0.05) is 0 Å². The van der Waals surface area contributed by atoms with Crippen LogP contribution >= 0.6 is 0 Å². The van der Waals surface area contributed by atoms with Gasteiger partial charge in [-0.05, 0) is 12.8 Å². The predicted octanol–water partition coefficient (Wildman–Crippen LogP) is 1.22. The van der Waals surface area contributed by atoms with Crippen molar-refractivity contribution in [1.82, 2.24) is 9.55 Å². The van der Waals surface area contributed by atoms with Crippen molar-refractivity contribution >= 4 is 5.97 Å². The minimum Gasteiger partial charge on any atom is -0.481 e. The van der Waals surface area contributed by atoms with Gasteiger partial charge in [0.15, 0.2) is 0 Å². The number of hydrogen-bond donors (Lipinski definition) is 1. The van der Waals surface area contributed by atoms with Crippen LogP contribution in [0.4, 0.5) is 0 Å². The highest BCUT2D eigenvalue weighted by atomic mass is 16.4. The minimum atomic E-state index is -0.722. The van der Waals surface area contributed by atoms with Gasteiger partial charge in [0.2, 0.25) is 0 Å². The molecule has 0 aromatic carbocycles. The molecule has 0 aliphatic heterocycles. The predicted molar refractivity (Wildman–Crippen MR) is 48.4 cm³/mol. The molecule has 0 atom stereocenters. The van der Waals surface area contributed by atoms with E-state index in [2.05, 4.69) is 4.98 Å². The van der Waals surface area contributed by atoms with E-state index in [9.17, 15) is 4.79 Å². The number of hydrogen-bond acceptors (Lipinski definition) is 2. The van der Waals surface area contributed by atoms with E-state index in [0.717, 1.165) is 25.1 Å². The zero-order chi connectivity index (χ0) is 9.68. The molecule has 0 fully saturated rings. The molecular weight excluding hydrogens is 168 g/mol. The fraction of sp³-hybridized carbons (Fsp3) is 0.556. The molecular formula is C9H14N2O2. The molecule has 1 heterocycles. The molecule has 1 aromatic rings. The summed E-state index contributed by atoms with van der Waals surface area (Å²) in [4.78, 5) is 14.4. The first-order valence-electron chi connectivity index (χ1n) is 4.38. The third-order valence-corrected chi connectivity index (χ3v) is 1.96. The SMILES string of the molecule is Cn1ccnc1CCCCC(=O)O. The number of imidazole rings is 1. The van der Waals surface area contributed by atoms with E-state index in [1.165, 1.54) is 0 Å². The summed E-state index contributed by atoms with van der Waals surface area (Å²) in [6, 6.07) is 0. The average molecular weight is 182 g/mol. The Balaban J connectivity index is 2.20. The van der Waals surface area contributed by atoms with Crippen LogP contribution < -0.4 is 0 Å². The smallest absolute Gasteiger partial charge is 0.303 e. The Bertz CT molecular complexity index is 281. The van der Waals surface area contributed by atoms with Crippen molar-refractivity contribution < 1.29 is 9.90 Å². The Morgan fingerprint density at radius 3 is 2.92 bits per heavy atom. The van der Waals surface area contributed by atoms with E-state index >= 15 is 0 Å². The first-order chi connectivity index (χ1) is 6.20. The van der Waals surface area contributed by atoms with E-state index in [-0.39, 0.29) is 6.42 Å². The number of nitrogens with zero attached hydrogens (tertiary/aromatic N) is 2. The lowest BCUT2D eigenvalue weighted by Crippen LogP contribution is -1.99. The molecule has 0 unspecified atom stereocenters. The molecule has 0 radical (unpaired) electrons. The average Bonchev–Trinajstić information content (AvgIpc) is 2.45. The monoisotopic (exact) mass is 182 g/mol. The first kappa shape index (κ1) is 9.77. The van der Waals surface area contributed by atoms with Crippen LogP contribution in [-0.2, 0) is 18.3 Å². The van der Waals surface area contributed by atoms with Gasteiger partial charge in [0.1, 0.15) is 5.82 Å². The molecule has 1 aromatic heterocycles. The van der Waals surface area contributed by atoms with E-state index < -0.39 is 5.97 Å². The van der Waals surface area contributed by atoms with Gasteiger partial charge in [0, 0.05) is 32.3 Å². The largest absolute Gasteiger partial charge is 0.481 e. The maximum absolute atomic E-state index is 10.2. The number of unbranched alkanes of at least 4 members (excludes halogenated alkanes) is 1. The van der Waals surface area contributed by atoms with E-state index in [1.807, 2.05) is 17.8 Å². The fourth-order valence-corrected chi connectivity index (χ4v) is 1.20. The molecule has 0 amide bonds. The van der Waals surface area contributed by atoms with Crippen molar-refractivity contribution in [2.75, 3.05) is 0 Å². The zero-order valence-corrected chi connectivity index (χ0v) is 7.73. The number of aromatic nitrogens is 2. The lowest BCUT2D eigenvalue weighted by atomic mass is 10.2. The maximum Gasteiger partial charge on any atom is 0.303 e. The van der Waals surface area contributed by atoms with Gasteiger partial charge in [-0.15, -0.1) is 0 Å². The van der Waals surface area contributed by atoms with Crippen LogP contribution in [0.25, 0.3) is 0 Å². The summed E-state index contributed by atoms with van der Waals surface area (Å²) < 4.78 is 1.96. The Hall–Kier alpha value is -1.32. The second-order valence-corrected chi connectivity index (χ2v) is 3.06. The van der Waals surface area contributed by atoms with Crippen LogP contribution in [0.5, 0.6) is 0 Å². The summed E-state index contributed by atoms with van der Waals surface area (Å²) in [5.74, 6) is 0.297. The minimum absolute atomic E-state index is 0.254. The van der Waals surface area contributed by atoms with Crippen molar-refractivity contribution in [2.24, 2.45) is 7.05 Å². The Morgan fingerprint density at radius 1 is 1.62 bits per heavy atom. The van der Waals surface area contributed by atoms with Gasteiger partial charge in [-0.3, -0.25) is 4.79 Å². The van der Waals surface area contributed by atoms with Gasteiger partial charge in [0.05, 0.1) is 0 Å². The van der Waals surface area contributed by atoms with Crippen LogP contribution in [0.15, 0.2) is 12.4 Å². The normalized spacial score (nSPS) is 10.2. The van der Waals surface area contributed by atoms with E-state index in [0.29, 0.717) is 0 Å². The molecule has 4 heteroatoms. The van der Waals surface area contributed by atoms with Gasteiger partial charge in [0.25, 0.3) is 0 Å². The number of rotatable bonds is 5. The van der Waals surface area contributed by atoms with Gasteiger partial charge in [-0.25, -0.2) is 4.98 Å². The highest BCUT2D eigenvalue weighted by Crippen LogP contribution is 2.03. The van der Waals surface area contributed by atoms with E-state index in [4.69, 9.17) is 5.11 Å². The van der Waals surface area contributed by atoms with Crippen molar-refractivity contribution in [3.8, 4) is 0 Å². The van der Waals surface area contributed by atoms with Crippen LogP contribution in [0.3, 0.4) is 0 Å². The number of aliphatic carboxylic acids is 1. The van der Waals surface area contributed by atoms with Crippen LogP contribution in [0.2, 0.25) is 0 Å². The van der Waals surface area contributed by atoms with Gasteiger partial charge >= 0.3 is 5.97 Å². The van der Waals surface area contributed by atoms with Crippen LogP contribution in [-0.4, -0.2) is 20.6 Å². The third kappa shape index (κ3) is 3.27. The highest BCUT2D eigenvalue weighted by molar-refractivity contribution is 5.66. The van der Waals surface area contributed by atoms with Crippen molar-refractivity contribution in [2.45, 2.75) is 25.7 Å². The van der Waals surface area contributed by atoms with Crippen LogP contribution in [0, 0.1) is 0 Å². The topological polar surface area (TPSA) is 55.1 Å². The molecule has 0 bridgehead atoms. The molecule has 1 N–H and O–H groups in total. The lowest BCUT2D eigenvalue weighted by Gasteiger charge is -1.99. The Labute approximate surface area is 77.2 Å². The fourth-order valence-electron chi connectivity index (χ4n) is 1.20. The number of aryl methyl sites for hydroxylation is 2. The summed E-state index contributed by atoms with van der Waals surface area (Å²) in [7, 11) is 1.94.